The van der Waals surface area contributed by atoms with Crippen molar-refractivity contribution in [3.05, 3.63) is 12.4 Å². The molecule has 0 radical (unpaired) electrons. The van der Waals surface area contributed by atoms with E-state index in [-0.39, 0.29) is 5.54 Å². The Morgan fingerprint density at radius 2 is 1.73 bits per heavy atom. The highest BCUT2D eigenvalue weighted by Crippen LogP contribution is 2.14. The van der Waals surface area contributed by atoms with Gasteiger partial charge in [0.2, 0.25) is 0 Å². The Hall–Kier alpha value is -1.32. The topological polar surface area (TPSA) is 49.8 Å². The first-order valence-electron chi connectivity index (χ1n) is 5.23. The largest absolute Gasteiger partial charge is 0.368 e. The van der Waals surface area contributed by atoms with Crippen molar-refractivity contribution in [1.82, 2.24) is 9.97 Å². The van der Waals surface area contributed by atoms with Gasteiger partial charge < -0.3 is 10.6 Å². The zero-order chi connectivity index (χ0) is 11.5. The van der Waals surface area contributed by atoms with Gasteiger partial charge in [0, 0.05) is 17.6 Å². The van der Waals surface area contributed by atoms with Gasteiger partial charge in [0.25, 0.3) is 0 Å². The summed E-state index contributed by atoms with van der Waals surface area (Å²) in [6, 6.07) is 2.30. The molecule has 4 heteroatoms. The maximum atomic E-state index is 4.17. The van der Waals surface area contributed by atoms with Crippen molar-refractivity contribution in [3.8, 4) is 0 Å². The van der Waals surface area contributed by atoms with Crippen LogP contribution in [0.25, 0.3) is 0 Å². The van der Waals surface area contributed by atoms with Gasteiger partial charge >= 0.3 is 0 Å². The molecule has 0 bridgehead atoms. The van der Waals surface area contributed by atoms with Crippen LogP contribution in [-0.4, -0.2) is 21.5 Å². The molecule has 0 aliphatic heterocycles. The second-order valence-corrected chi connectivity index (χ2v) is 4.96. The second-order valence-electron chi connectivity index (χ2n) is 4.96. The van der Waals surface area contributed by atoms with E-state index >= 15 is 0 Å². The Labute approximate surface area is 91.5 Å². The molecule has 1 heterocycles. The zero-order valence-electron chi connectivity index (χ0n) is 10.1. The molecule has 1 aromatic rings. The summed E-state index contributed by atoms with van der Waals surface area (Å²) in [6.07, 6.45) is 1.57. The van der Waals surface area contributed by atoms with E-state index in [9.17, 15) is 0 Å². The molecule has 0 amide bonds. The van der Waals surface area contributed by atoms with Crippen LogP contribution >= 0.6 is 0 Å². The average molecular weight is 208 g/mol. The van der Waals surface area contributed by atoms with E-state index in [2.05, 4.69) is 55.2 Å². The first kappa shape index (κ1) is 11.8. The predicted molar refractivity (Wildman–Crippen MR) is 64.2 cm³/mol. The minimum Gasteiger partial charge on any atom is -0.368 e. The van der Waals surface area contributed by atoms with Gasteiger partial charge in [-0.3, -0.25) is 0 Å². The number of hydrogen-bond donors (Lipinski definition) is 2. The standard InChI is InChI=1S/C11H20N4/c1-8(2)14-9-6-10(13-7-12-9)15-11(3,4)5/h6-8H,1-5H3,(H2,12,13,14,15). The fraction of sp³-hybridized carbons (Fsp3) is 0.636. The molecule has 0 saturated carbocycles. The second kappa shape index (κ2) is 4.47. The molecule has 84 valence electrons. The molecule has 0 saturated heterocycles. The third-order valence-corrected chi connectivity index (χ3v) is 1.61. The Kier molecular flexibility index (Phi) is 3.50. The van der Waals surface area contributed by atoms with E-state index in [1.807, 2.05) is 6.07 Å². The summed E-state index contributed by atoms with van der Waals surface area (Å²) in [7, 11) is 0. The Bertz CT molecular complexity index is 315. The number of anilines is 2. The maximum absolute atomic E-state index is 4.17. The van der Waals surface area contributed by atoms with Gasteiger partial charge in [-0.15, -0.1) is 0 Å². The Morgan fingerprint density at radius 1 is 1.13 bits per heavy atom. The lowest BCUT2D eigenvalue weighted by atomic mass is 10.1. The lowest BCUT2D eigenvalue weighted by molar-refractivity contribution is 0.630. The molecule has 1 rings (SSSR count). The summed E-state index contributed by atoms with van der Waals surface area (Å²) in [5.74, 6) is 1.70. The molecule has 0 spiro atoms. The highest BCUT2D eigenvalue weighted by atomic mass is 15.1. The van der Waals surface area contributed by atoms with E-state index in [4.69, 9.17) is 0 Å². The lowest BCUT2D eigenvalue weighted by Gasteiger charge is -2.21. The molecule has 1 aromatic heterocycles. The summed E-state index contributed by atoms with van der Waals surface area (Å²) < 4.78 is 0. The fourth-order valence-electron chi connectivity index (χ4n) is 1.18. The summed E-state index contributed by atoms with van der Waals surface area (Å²) in [5, 5.41) is 6.54. The molecule has 0 aromatic carbocycles. The highest BCUT2D eigenvalue weighted by Gasteiger charge is 2.10. The zero-order valence-corrected chi connectivity index (χ0v) is 10.1. The minimum absolute atomic E-state index is 0.0173. The Balaban J connectivity index is 2.74. The van der Waals surface area contributed by atoms with E-state index in [0.29, 0.717) is 6.04 Å². The average Bonchev–Trinajstić information content (AvgIpc) is 1.99. The van der Waals surface area contributed by atoms with Crippen molar-refractivity contribution in [2.45, 2.75) is 46.2 Å². The van der Waals surface area contributed by atoms with Gasteiger partial charge in [-0.05, 0) is 34.6 Å². The number of nitrogens with zero attached hydrogens (tertiary/aromatic N) is 2. The van der Waals surface area contributed by atoms with Crippen molar-refractivity contribution in [2.75, 3.05) is 10.6 Å². The molecule has 0 aliphatic rings. The van der Waals surface area contributed by atoms with Gasteiger partial charge in [0.1, 0.15) is 18.0 Å². The van der Waals surface area contributed by atoms with Crippen LogP contribution in [0, 0.1) is 0 Å². The number of aromatic nitrogens is 2. The fourth-order valence-corrected chi connectivity index (χ4v) is 1.18. The van der Waals surface area contributed by atoms with Crippen LogP contribution in [0.5, 0.6) is 0 Å². The van der Waals surface area contributed by atoms with Crippen LogP contribution in [-0.2, 0) is 0 Å². The normalized spacial score (nSPS) is 11.6. The molecule has 15 heavy (non-hydrogen) atoms. The first-order chi connectivity index (χ1) is 6.87. The van der Waals surface area contributed by atoms with Gasteiger partial charge in [-0.25, -0.2) is 9.97 Å². The SMILES string of the molecule is CC(C)Nc1cc(NC(C)(C)C)ncn1. The number of hydrogen-bond acceptors (Lipinski definition) is 4. The van der Waals surface area contributed by atoms with Gasteiger partial charge in [-0.1, -0.05) is 0 Å². The van der Waals surface area contributed by atoms with E-state index in [0.717, 1.165) is 11.6 Å². The monoisotopic (exact) mass is 208 g/mol. The van der Waals surface area contributed by atoms with Crippen LogP contribution < -0.4 is 10.6 Å². The van der Waals surface area contributed by atoms with Crippen LogP contribution in [0.2, 0.25) is 0 Å². The van der Waals surface area contributed by atoms with E-state index in [1.54, 1.807) is 6.33 Å². The first-order valence-corrected chi connectivity index (χ1v) is 5.23. The predicted octanol–water partition coefficient (Wildman–Crippen LogP) is 2.51. The molecule has 2 N–H and O–H groups in total. The lowest BCUT2D eigenvalue weighted by Crippen LogP contribution is -2.26. The molecule has 0 fully saturated rings. The molecular weight excluding hydrogens is 188 g/mol. The quantitative estimate of drug-likeness (QED) is 0.801. The van der Waals surface area contributed by atoms with E-state index in [1.165, 1.54) is 0 Å². The summed E-state index contributed by atoms with van der Waals surface area (Å²) in [5.41, 5.74) is 0.0173. The van der Waals surface area contributed by atoms with Crippen molar-refractivity contribution in [1.29, 1.82) is 0 Å². The summed E-state index contributed by atoms with van der Waals surface area (Å²) >= 11 is 0. The third kappa shape index (κ3) is 4.63. The van der Waals surface area contributed by atoms with Gasteiger partial charge in [0.05, 0.1) is 0 Å². The summed E-state index contributed by atoms with van der Waals surface area (Å²) in [6.45, 7) is 10.5. The van der Waals surface area contributed by atoms with Crippen LogP contribution in [0.1, 0.15) is 34.6 Å². The van der Waals surface area contributed by atoms with Gasteiger partial charge in [-0.2, -0.15) is 0 Å². The van der Waals surface area contributed by atoms with Crippen molar-refractivity contribution in [2.24, 2.45) is 0 Å². The summed E-state index contributed by atoms with van der Waals surface area (Å²) in [4.78, 5) is 8.32. The van der Waals surface area contributed by atoms with Crippen molar-refractivity contribution < 1.29 is 0 Å². The third-order valence-electron chi connectivity index (χ3n) is 1.61. The highest BCUT2D eigenvalue weighted by molar-refractivity contribution is 5.47. The van der Waals surface area contributed by atoms with Crippen molar-refractivity contribution in [3.63, 3.8) is 0 Å². The number of rotatable bonds is 3. The van der Waals surface area contributed by atoms with Gasteiger partial charge in [0.15, 0.2) is 0 Å². The van der Waals surface area contributed by atoms with Crippen LogP contribution in [0.15, 0.2) is 12.4 Å². The van der Waals surface area contributed by atoms with Crippen molar-refractivity contribution >= 4 is 11.6 Å². The van der Waals surface area contributed by atoms with Crippen LogP contribution in [0.4, 0.5) is 11.6 Å². The smallest absolute Gasteiger partial charge is 0.131 e. The molecule has 0 aliphatic carbocycles. The molecule has 0 unspecified atom stereocenters. The van der Waals surface area contributed by atoms with Crippen LogP contribution in [0.3, 0.4) is 0 Å². The maximum Gasteiger partial charge on any atom is 0.131 e. The van der Waals surface area contributed by atoms with E-state index < -0.39 is 0 Å². The minimum atomic E-state index is 0.0173. The molecule has 0 atom stereocenters. The Morgan fingerprint density at radius 3 is 2.27 bits per heavy atom. The number of nitrogens with one attached hydrogen (secondary N) is 2. The molecular formula is C11H20N4. The molecule has 4 nitrogen and oxygen atoms in total.